The Kier molecular flexibility index (Phi) is 6.00. The minimum Gasteiger partial charge on any atom is -0.437 e. The molecule has 0 spiro atoms. The molecule has 174 valence electrons. The van der Waals surface area contributed by atoms with Gasteiger partial charge in [-0.1, -0.05) is 13.0 Å². The van der Waals surface area contributed by atoms with Gasteiger partial charge in [0.15, 0.2) is 16.9 Å². The minimum atomic E-state index is -0.156. The van der Waals surface area contributed by atoms with Crippen LogP contribution in [0.15, 0.2) is 42.5 Å². The van der Waals surface area contributed by atoms with Crippen molar-refractivity contribution in [2.75, 3.05) is 19.8 Å². The van der Waals surface area contributed by atoms with Gasteiger partial charge in [-0.15, -0.1) is 0 Å². The highest BCUT2D eigenvalue weighted by Crippen LogP contribution is 2.32. The summed E-state index contributed by atoms with van der Waals surface area (Å²) in [5.74, 6) is 1.20. The van der Waals surface area contributed by atoms with E-state index < -0.39 is 0 Å². The van der Waals surface area contributed by atoms with Crippen LogP contribution in [0.1, 0.15) is 28.7 Å². The number of aryl methyl sites for hydroxylation is 1. The number of carbonyl (C=O) groups is 1. The lowest BCUT2D eigenvalue weighted by molar-refractivity contribution is 0.0827. The molecule has 2 heterocycles. The van der Waals surface area contributed by atoms with E-state index in [0.29, 0.717) is 46.0 Å². The molecule has 1 amide bonds. The number of anilines is 1. The molecule has 0 radical (unpaired) electrons. The van der Waals surface area contributed by atoms with E-state index in [9.17, 15) is 4.79 Å². The SMILES string of the molecule is CCc1nc2c(Oc3cccc(C(=O)N(C)C)c3)nc(Oc3cc(C(=N)N)ccc3N)nc2[nH]1. The van der Waals surface area contributed by atoms with E-state index in [2.05, 4.69) is 19.9 Å². The zero-order valence-electron chi connectivity index (χ0n) is 18.9. The minimum absolute atomic E-state index is 0.0401. The molecule has 0 aliphatic carbocycles. The number of nitrogen functional groups attached to an aromatic ring is 2. The first-order chi connectivity index (χ1) is 16.2. The molecule has 2 aromatic heterocycles. The maximum Gasteiger partial charge on any atom is 0.327 e. The molecule has 0 unspecified atom stereocenters. The average Bonchev–Trinajstić information content (AvgIpc) is 3.23. The Balaban J connectivity index is 1.75. The van der Waals surface area contributed by atoms with Gasteiger partial charge in [0.25, 0.3) is 11.8 Å². The van der Waals surface area contributed by atoms with E-state index in [4.69, 9.17) is 26.4 Å². The summed E-state index contributed by atoms with van der Waals surface area (Å²) < 4.78 is 11.9. The number of amides is 1. The second-order valence-electron chi connectivity index (χ2n) is 7.64. The second kappa shape index (κ2) is 9.06. The monoisotopic (exact) mass is 460 g/mol. The van der Waals surface area contributed by atoms with Gasteiger partial charge in [-0.3, -0.25) is 10.2 Å². The Morgan fingerprint density at radius 1 is 1.09 bits per heavy atom. The molecule has 0 saturated heterocycles. The van der Waals surface area contributed by atoms with Gasteiger partial charge in [0, 0.05) is 31.6 Å². The van der Waals surface area contributed by atoms with Gasteiger partial charge in [-0.2, -0.15) is 9.97 Å². The summed E-state index contributed by atoms with van der Waals surface area (Å²) in [5, 5.41) is 7.64. The van der Waals surface area contributed by atoms with Crippen LogP contribution >= 0.6 is 0 Å². The molecule has 0 aliphatic rings. The Morgan fingerprint density at radius 2 is 1.88 bits per heavy atom. The standard InChI is InChI=1S/C23H24N8O3/c1-4-17-27-18-20(28-17)29-23(34-16-11-12(19(25)26)8-9-15(16)24)30-21(18)33-14-7-5-6-13(10-14)22(32)31(2)3/h5-11H,4,24H2,1-3H3,(H3,25,26)(H,27,28,29,30). The van der Waals surface area contributed by atoms with Crippen LogP contribution in [-0.4, -0.2) is 50.7 Å². The van der Waals surface area contributed by atoms with Crippen molar-refractivity contribution >= 4 is 28.6 Å². The Bertz CT molecular complexity index is 1400. The molecule has 34 heavy (non-hydrogen) atoms. The number of amidine groups is 1. The van der Waals surface area contributed by atoms with Crippen LogP contribution in [0.4, 0.5) is 5.69 Å². The number of H-pyrrole nitrogens is 1. The zero-order valence-corrected chi connectivity index (χ0v) is 18.9. The summed E-state index contributed by atoms with van der Waals surface area (Å²) in [6.07, 6.45) is 0.645. The number of rotatable bonds is 7. The molecular weight excluding hydrogens is 436 g/mol. The maximum atomic E-state index is 12.3. The van der Waals surface area contributed by atoms with Gasteiger partial charge >= 0.3 is 6.01 Å². The predicted octanol–water partition coefficient (Wildman–Crippen LogP) is 3.07. The number of benzene rings is 2. The lowest BCUT2D eigenvalue weighted by atomic mass is 10.2. The summed E-state index contributed by atoms with van der Waals surface area (Å²) in [4.78, 5) is 30.2. The van der Waals surface area contributed by atoms with Crippen LogP contribution in [-0.2, 0) is 6.42 Å². The first kappa shape index (κ1) is 22.5. The average molecular weight is 460 g/mol. The topological polar surface area (TPSA) is 169 Å². The number of imidazole rings is 1. The van der Waals surface area contributed by atoms with Crippen LogP contribution in [0.2, 0.25) is 0 Å². The Labute approximate surface area is 195 Å². The molecule has 4 rings (SSSR count). The number of hydrogen-bond acceptors (Lipinski definition) is 8. The van der Waals surface area contributed by atoms with Crippen LogP contribution in [0.5, 0.6) is 23.4 Å². The van der Waals surface area contributed by atoms with Gasteiger partial charge in [0.05, 0.1) is 5.69 Å². The molecule has 11 nitrogen and oxygen atoms in total. The summed E-state index contributed by atoms with van der Waals surface area (Å²) >= 11 is 0. The number of nitrogens with one attached hydrogen (secondary N) is 2. The number of nitrogens with two attached hydrogens (primary N) is 2. The summed E-state index contributed by atoms with van der Waals surface area (Å²) in [5.41, 5.74) is 13.7. The number of nitrogens with zero attached hydrogens (tertiary/aromatic N) is 4. The van der Waals surface area contributed by atoms with Crippen molar-refractivity contribution in [2.45, 2.75) is 13.3 Å². The van der Waals surface area contributed by atoms with Crippen molar-refractivity contribution in [1.82, 2.24) is 24.8 Å². The fraction of sp³-hybridized carbons (Fsp3) is 0.174. The van der Waals surface area contributed by atoms with E-state index >= 15 is 0 Å². The van der Waals surface area contributed by atoms with Crippen LogP contribution in [0.3, 0.4) is 0 Å². The maximum absolute atomic E-state index is 12.3. The predicted molar refractivity (Wildman–Crippen MR) is 128 cm³/mol. The number of aromatic amines is 1. The number of aromatic nitrogens is 4. The van der Waals surface area contributed by atoms with Crippen LogP contribution < -0.4 is 20.9 Å². The fourth-order valence-electron chi connectivity index (χ4n) is 3.14. The van der Waals surface area contributed by atoms with Gasteiger partial charge in [-0.25, -0.2) is 4.98 Å². The van der Waals surface area contributed by atoms with Crippen LogP contribution in [0.25, 0.3) is 11.2 Å². The first-order valence-corrected chi connectivity index (χ1v) is 10.4. The lowest BCUT2D eigenvalue weighted by Crippen LogP contribution is -2.21. The van der Waals surface area contributed by atoms with Gasteiger partial charge in [-0.05, 0) is 36.4 Å². The molecule has 11 heteroatoms. The third-order valence-electron chi connectivity index (χ3n) is 4.90. The van der Waals surface area contributed by atoms with Crippen molar-refractivity contribution in [2.24, 2.45) is 5.73 Å². The highest BCUT2D eigenvalue weighted by Gasteiger charge is 2.18. The molecule has 0 atom stereocenters. The third kappa shape index (κ3) is 4.58. The van der Waals surface area contributed by atoms with Gasteiger partial charge < -0.3 is 30.8 Å². The molecule has 0 fully saturated rings. The molecule has 4 aromatic rings. The van der Waals surface area contributed by atoms with E-state index in [-0.39, 0.29) is 29.4 Å². The number of ether oxygens (including phenoxy) is 2. The van der Waals surface area contributed by atoms with E-state index in [1.165, 1.54) is 11.0 Å². The third-order valence-corrected chi connectivity index (χ3v) is 4.90. The molecular formula is C23H24N8O3. The number of fused-ring (bicyclic) bond motifs is 1. The normalized spacial score (nSPS) is 10.8. The zero-order chi connectivity index (χ0) is 24.4. The lowest BCUT2D eigenvalue weighted by Gasteiger charge is -2.12. The summed E-state index contributed by atoms with van der Waals surface area (Å²) in [6, 6.07) is 11.5. The molecule has 0 bridgehead atoms. The quantitative estimate of drug-likeness (QED) is 0.185. The summed E-state index contributed by atoms with van der Waals surface area (Å²) in [6.45, 7) is 1.95. The molecule has 0 saturated carbocycles. The molecule has 2 aromatic carbocycles. The number of hydrogen-bond donors (Lipinski definition) is 4. The Hall–Kier alpha value is -4.67. The van der Waals surface area contributed by atoms with Crippen LogP contribution in [0, 0.1) is 5.41 Å². The second-order valence-corrected chi connectivity index (χ2v) is 7.64. The van der Waals surface area contributed by atoms with E-state index in [0.717, 1.165) is 0 Å². The van der Waals surface area contributed by atoms with E-state index in [1.54, 1.807) is 50.5 Å². The highest BCUT2D eigenvalue weighted by molar-refractivity contribution is 5.96. The van der Waals surface area contributed by atoms with Gasteiger partial charge in [0.2, 0.25) is 0 Å². The van der Waals surface area contributed by atoms with Crippen molar-refractivity contribution < 1.29 is 14.3 Å². The number of carbonyl (C=O) groups excluding carboxylic acids is 1. The molecule has 6 N–H and O–H groups in total. The summed E-state index contributed by atoms with van der Waals surface area (Å²) in [7, 11) is 3.35. The molecule has 0 aliphatic heterocycles. The van der Waals surface area contributed by atoms with Crippen molar-refractivity contribution in [3.63, 3.8) is 0 Å². The Morgan fingerprint density at radius 3 is 2.59 bits per heavy atom. The van der Waals surface area contributed by atoms with E-state index in [1.807, 2.05) is 6.92 Å². The smallest absolute Gasteiger partial charge is 0.327 e. The van der Waals surface area contributed by atoms with Crippen molar-refractivity contribution in [1.29, 1.82) is 5.41 Å². The van der Waals surface area contributed by atoms with Gasteiger partial charge in [0.1, 0.15) is 17.4 Å². The fourth-order valence-corrected chi connectivity index (χ4v) is 3.14. The van der Waals surface area contributed by atoms with Crippen molar-refractivity contribution in [3.8, 4) is 23.4 Å². The largest absolute Gasteiger partial charge is 0.437 e. The first-order valence-electron chi connectivity index (χ1n) is 10.4. The van der Waals surface area contributed by atoms with Crippen molar-refractivity contribution in [3.05, 3.63) is 59.4 Å². The highest BCUT2D eigenvalue weighted by atomic mass is 16.5.